The van der Waals surface area contributed by atoms with Crippen molar-refractivity contribution in [3.05, 3.63) is 35.5 Å². The summed E-state index contributed by atoms with van der Waals surface area (Å²) >= 11 is 0. The Bertz CT molecular complexity index is 310. The second-order valence-corrected chi connectivity index (χ2v) is 9.39. The third-order valence-electron chi connectivity index (χ3n) is 1.76. The van der Waals surface area contributed by atoms with Crippen molar-refractivity contribution in [2.45, 2.75) is 19.6 Å². The number of nitrogen functional groups attached to an aromatic ring is 1. The highest BCUT2D eigenvalue weighted by molar-refractivity contribution is 6.81. The minimum Gasteiger partial charge on any atom is -0.398 e. The molecule has 0 unspecified atom stereocenters. The topological polar surface area (TPSA) is 26.0 Å². The van der Waals surface area contributed by atoms with E-state index in [2.05, 4.69) is 31.4 Å². The van der Waals surface area contributed by atoms with Gasteiger partial charge in [-0.25, -0.2) is 0 Å². The molecule has 0 bridgehead atoms. The van der Waals surface area contributed by atoms with Crippen molar-refractivity contribution in [1.29, 1.82) is 0 Å². The van der Waals surface area contributed by atoms with E-state index in [4.69, 9.17) is 5.73 Å². The fraction of sp³-hybridized carbons (Fsp3) is 0.273. The van der Waals surface area contributed by atoms with Gasteiger partial charge in [-0.2, -0.15) is 0 Å². The van der Waals surface area contributed by atoms with E-state index >= 15 is 0 Å². The molecular formula is C11H17NSi. The lowest BCUT2D eigenvalue weighted by Crippen LogP contribution is -2.15. The molecule has 1 nitrogen and oxygen atoms in total. The van der Waals surface area contributed by atoms with Gasteiger partial charge in [0.2, 0.25) is 0 Å². The van der Waals surface area contributed by atoms with Crippen molar-refractivity contribution in [1.82, 2.24) is 0 Å². The standard InChI is InChI=1S/C11H17NSi/c1-13(2,3)9-8-10-6-4-5-7-11(10)12/h4-9H,12H2,1-3H3/b9-8+. The summed E-state index contributed by atoms with van der Waals surface area (Å²) in [6, 6.07) is 7.96. The number of hydrogen-bond donors (Lipinski definition) is 1. The lowest BCUT2D eigenvalue weighted by Gasteiger charge is -2.08. The van der Waals surface area contributed by atoms with E-state index in [0.29, 0.717) is 0 Å². The van der Waals surface area contributed by atoms with Gasteiger partial charge in [0.15, 0.2) is 0 Å². The van der Waals surface area contributed by atoms with Crippen LogP contribution in [0, 0.1) is 0 Å². The molecule has 0 fully saturated rings. The normalized spacial score (nSPS) is 12.2. The molecule has 0 saturated heterocycles. The van der Waals surface area contributed by atoms with E-state index in [9.17, 15) is 0 Å². The maximum atomic E-state index is 5.81. The predicted octanol–water partition coefficient (Wildman–Crippen LogP) is 3.16. The maximum absolute atomic E-state index is 5.81. The Morgan fingerprint density at radius 2 is 1.77 bits per heavy atom. The van der Waals surface area contributed by atoms with Gasteiger partial charge in [0, 0.05) is 5.69 Å². The molecule has 0 aromatic heterocycles. The van der Waals surface area contributed by atoms with Crippen LogP contribution < -0.4 is 5.73 Å². The average Bonchev–Trinajstić information content (AvgIpc) is 2.01. The molecule has 1 aromatic rings. The van der Waals surface area contributed by atoms with Crippen LogP contribution in [0.15, 0.2) is 30.0 Å². The van der Waals surface area contributed by atoms with E-state index in [0.717, 1.165) is 11.3 Å². The first-order valence-electron chi connectivity index (χ1n) is 4.53. The third kappa shape index (κ3) is 3.47. The molecule has 0 aliphatic heterocycles. The highest BCUT2D eigenvalue weighted by atomic mass is 28.3. The zero-order valence-electron chi connectivity index (χ0n) is 8.54. The molecule has 0 aliphatic rings. The molecule has 1 aromatic carbocycles. The monoisotopic (exact) mass is 191 g/mol. The highest BCUT2D eigenvalue weighted by Gasteiger charge is 2.06. The van der Waals surface area contributed by atoms with Gasteiger partial charge in [-0.1, -0.05) is 49.6 Å². The summed E-state index contributed by atoms with van der Waals surface area (Å²) in [5, 5.41) is 0. The first-order chi connectivity index (χ1) is 5.99. The minimum atomic E-state index is -1.10. The first kappa shape index (κ1) is 10.1. The lowest BCUT2D eigenvalue weighted by molar-refractivity contribution is 1.64. The molecule has 0 aliphatic carbocycles. The lowest BCUT2D eigenvalue weighted by atomic mass is 10.2. The van der Waals surface area contributed by atoms with Gasteiger partial charge in [-0.05, 0) is 11.6 Å². The molecule has 0 spiro atoms. The number of anilines is 1. The van der Waals surface area contributed by atoms with Crippen molar-refractivity contribution in [3.8, 4) is 0 Å². The second-order valence-electron chi connectivity index (χ2n) is 4.33. The Morgan fingerprint density at radius 3 is 2.31 bits per heavy atom. The fourth-order valence-corrected chi connectivity index (χ4v) is 1.68. The first-order valence-corrected chi connectivity index (χ1v) is 8.10. The number of rotatable bonds is 2. The van der Waals surface area contributed by atoms with Gasteiger partial charge in [0.1, 0.15) is 0 Å². The van der Waals surface area contributed by atoms with E-state index < -0.39 is 8.07 Å². The third-order valence-corrected chi connectivity index (χ3v) is 2.93. The summed E-state index contributed by atoms with van der Waals surface area (Å²) in [7, 11) is -1.10. The molecule has 0 heterocycles. The van der Waals surface area contributed by atoms with Crippen LogP contribution in [0.2, 0.25) is 19.6 Å². The second kappa shape index (κ2) is 3.79. The van der Waals surface area contributed by atoms with Gasteiger partial charge >= 0.3 is 0 Å². The number of nitrogens with two attached hydrogens (primary N) is 1. The van der Waals surface area contributed by atoms with Crippen LogP contribution in [0.5, 0.6) is 0 Å². The van der Waals surface area contributed by atoms with E-state index in [1.54, 1.807) is 0 Å². The molecule has 0 atom stereocenters. The van der Waals surface area contributed by atoms with Crippen molar-refractivity contribution in [2.75, 3.05) is 5.73 Å². The summed E-state index contributed by atoms with van der Waals surface area (Å²) in [6.45, 7) is 6.92. The van der Waals surface area contributed by atoms with E-state index in [1.165, 1.54) is 0 Å². The molecule has 70 valence electrons. The summed E-state index contributed by atoms with van der Waals surface area (Å²) in [4.78, 5) is 0. The Labute approximate surface area is 81.3 Å². The minimum absolute atomic E-state index is 0.858. The molecule has 1 rings (SSSR count). The van der Waals surface area contributed by atoms with Crippen LogP contribution in [-0.2, 0) is 0 Å². The summed E-state index contributed by atoms with van der Waals surface area (Å²) in [6.07, 6.45) is 2.14. The average molecular weight is 191 g/mol. The van der Waals surface area contributed by atoms with Gasteiger partial charge in [0.25, 0.3) is 0 Å². The van der Waals surface area contributed by atoms with Crippen molar-refractivity contribution in [3.63, 3.8) is 0 Å². The van der Waals surface area contributed by atoms with Crippen LogP contribution in [0.25, 0.3) is 6.08 Å². The summed E-state index contributed by atoms with van der Waals surface area (Å²) < 4.78 is 0. The summed E-state index contributed by atoms with van der Waals surface area (Å²) in [5.41, 5.74) is 10.1. The smallest absolute Gasteiger partial charge is 0.0687 e. The fourth-order valence-electron chi connectivity index (χ4n) is 1.00. The van der Waals surface area contributed by atoms with Crippen molar-refractivity contribution in [2.24, 2.45) is 0 Å². The Morgan fingerprint density at radius 1 is 1.15 bits per heavy atom. The molecule has 2 heteroatoms. The predicted molar refractivity (Wildman–Crippen MR) is 63.2 cm³/mol. The van der Waals surface area contributed by atoms with Crippen LogP contribution >= 0.6 is 0 Å². The van der Waals surface area contributed by atoms with Gasteiger partial charge in [-0.15, -0.1) is 0 Å². The zero-order chi connectivity index (χ0) is 9.90. The van der Waals surface area contributed by atoms with E-state index in [1.807, 2.05) is 24.3 Å². The molecule has 0 radical (unpaired) electrons. The molecule has 2 N–H and O–H groups in total. The van der Waals surface area contributed by atoms with Crippen LogP contribution in [0.4, 0.5) is 5.69 Å². The maximum Gasteiger partial charge on any atom is 0.0687 e. The molecule has 0 amide bonds. The van der Waals surface area contributed by atoms with Gasteiger partial charge < -0.3 is 5.73 Å². The molecule has 13 heavy (non-hydrogen) atoms. The SMILES string of the molecule is C[Si](C)(C)/C=C/c1ccccc1N. The van der Waals surface area contributed by atoms with Crippen LogP contribution in [0.1, 0.15) is 5.56 Å². The van der Waals surface area contributed by atoms with E-state index in [-0.39, 0.29) is 0 Å². The van der Waals surface area contributed by atoms with Gasteiger partial charge in [-0.3, -0.25) is 0 Å². The quantitative estimate of drug-likeness (QED) is 0.564. The molecular weight excluding hydrogens is 174 g/mol. The van der Waals surface area contributed by atoms with Crippen LogP contribution in [-0.4, -0.2) is 8.07 Å². The number of para-hydroxylation sites is 1. The Kier molecular flexibility index (Phi) is 2.93. The largest absolute Gasteiger partial charge is 0.398 e. The Balaban J connectivity index is 2.86. The van der Waals surface area contributed by atoms with Crippen molar-refractivity contribution < 1.29 is 0 Å². The van der Waals surface area contributed by atoms with Crippen LogP contribution in [0.3, 0.4) is 0 Å². The number of benzene rings is 1. The van der Waals surface area contributed by atoms with Gasteiger partial charge in [0.05, 0.1) is 8.07 Å². The molecule has 0 saturated carbocycles. The number of hydrogen-bond acceptors (Lipinski definition) is 1. The summed E-state index contributed by atoms with van der Waals surface area (Å²) in [5.74, 6) is 0. The van der Waals surface area contributed by atoms with Crippen molar-refractivity contribution >= 4 is 19.8 Å². The highest BCUT2D eigenvalue weighted by Crippen LogP contribution is 2.14. The Hall–Kier alpha value is -1.02. The zero-order valence-corrected chi connectivity index (χ0v) is 9.54.